The average molecular weight is 350 g/mol. The van der Waals surface area contributed by atoms with Crippen LogP contribution in [0.25, 0.3) is 0 Å². The van der Waals surface area contributed by atoms with E-state index < -0.39 is 30.1 Å². The molecule has 0 aliphatic carbocycles. The Labute approximate surface area is 148 Å². The summed E-state index contributed by atoms with van der Waals surface area (Å²) in [5, 5.41) is 9.61. The van der Waals surface area contributed by atoms with Crippen molar-refractivity contribution in [3.05, 3.63) is 47.1 Å². The molecule has 0 fully saturated rings. The highest BCUT2D eigenvalue weighted by molar-refractivity contribution is 5.94. The van der Waals surface area contributed by atoms with E-state index >= 15 is 0 Å². The van der Waals surface area contributed by atoms with Crippen LogP contribution < -0.4 is 0 Å². The first-order valence-corrected chi connectivity index (χ1v) is 7.77. The zero-order valence-corrected chi connectivity index (χ0v) is 15.6. The summed E-state index contributed by atoms with van der Waals surface area (Å²) < 4.78 is 10.4. The minimum atomic E-state index is -1.21. The Morgan fingerprint density at radius 3 is 1.64 bits per heavy atom. The van der Waals surface area contributed by atoms with Crippen molar-refractivity contribution in [1.82, 2.24) is 0 Å². The molecule has 0 spiro atoms. The van der Waals surface area contributed by atoms with Gasteiger partial charge in [-0.3, -0.25) is 0 Å². The fraction of sp³-hybridized carbons (Fsp3) is 0.421. The van der Waals surface area contributed by atoms with E-state index in [9.17, 15) is 19.5 Å². The lowest BCUT2D eigenvalue weighted by atomic mass is 9.94. The summed E-state index contributed by atoms with van der Waals surface area (Å²) in [5.74, 6) is -2.43. The molecule has 0 aromatic heterocycles. The van der Waals surface area contributed by atoms with Crippen LogP contribution in [0.1, 0.15) is 41.5 Å². The average Bonchev–Trinajstić information content (AvgIpc) is 2.50. The third kappa shape index (κ3) is 6.41. The van der Waals surface area contributed by atoms with Gasteiger partial charge < -0.3 is 14.6 Å². The van der Waals surface area contributed by atoms with Gasteiger partial charge in [-0.15, -0.1) is 0 Å². The molecular weight excluding hydrogens is 324 g/mol. The van der Waals surface area contributed by atoms with Crippen LogP contribution in [0.5, 0.6) is 0 Å². The van der Waals surface area contributed by atoms with Gasteiger partial charge in [-0.05, 0) is 47.1 Å². The van der Waals surface area contributed by atoms with Gasteiger partial charge in [0.05, 0.1) is 5.57 Å². The Bertz CT molecular complexity index is 651. The molecule has 0 saturated carbocycles. The first kappa shape index (κ1) is 22.4. The quantitative estimate of drug-likeness (QED) is 0.410. The molecule has 0 heterocycles. The number of carboxylic acid groups (broad SMARTS) is 1. The number of rotatable bonds is 8. The predicted octanol–water partition coefficient (Wildman–Crippen LogP) is 3.35. The number of esters is 2. The van der Waals surface area contributed by atoms with Gasteiger partial charge in [0.2, 0.25) is 0 Å². The fourth-order valence-electron chi connectivity index (χ4n) is 1.98. The minimum absolute atomic E-state index is 0.0634. The van der Waals surface area contributed by atoms with E-state index in [1.54, 1.807) is 33.8 Å². The van der Waals surface area contributed by atoms with Gasteiger partial charge in [0.1, 0.15) is 12.2 Å². The second-order valence-corrected chi connectivity index (χ2v) is 5.76. The zero-order chi connectivity index (χ0) is 19.9. The Hall–Kier alpha value is -2.63. The summed E-state index contributed by atoms with van der Waals surface area (Å²) in [6, 6.07) is 0. The van der Waals surface area contributed by atoms with Crippen LogP contribution in [-0.2, 0) is 23.9 Å². The molecule has 0 aliphatic rings. The smallest absolute Gasteiger partial charge is 0.336 e. The van der Waals surface area contributed by atoms with Crippen molar-refractivity contribution >= 4 is 17.9 Å². The third-order valence-electron chi connectivity index (χ3n) is 3.52. The zero-order valence-electron chi connectivity index (χ0n) is 15.6. The van der Waals surface area contributed by atoms with Crippen LogP contribution in [0.15, 0.2) is 47.1 Å². The van der Waals surface area contributed by atoms with Gasteiger partial charge in [0, 0.05) is 16.7 Å². The number of carbonyl (C=O) groups is 3. The van der Waals surface area contributed by atoms with Crippen molar-refractivity contribution in [3.63, 3.8) is 0 Å². The summed E-state index contributed by atoms with van der Waals surface area (Å²) in [4.78, 5) is 35.1. The number of hydrogen-bond donors (Lipinski definition) is 1. The number of allylic oxidation sites excluding steroid dienone is 1. The van der Waals surface area contributed by atoms with E-state index in [0.717, 1.165) is 0 Å². The van der Waals surface area contributed by atoms with Crippen molar-refractivity contribution in [2.75, 3.05) is 0 Å². The Morgan fingerprint density at radius 1 is 0.920 bits per heavy atom. The van der Waals surface area contributed by atoms with Gasteiger partial charge >= 0.3 is 17.9 Å². The van der Waals surface area contributed by atoms with Crippen LogP contribution in [0.3, 0.4) is 0 Å². The molecule has 0 amide bonds. The van der Waals surface area contributed by atoms with Crippen LogP contribution in [-0.4, -0.2) is 35.2 Å². The molecular formula is C19H26O6. The van der Waals surface area contributed by atoms with Gasteiger partial charge in [0.15, 0.2) is 0 Å². The minimum Gasteiger partial charge on any atom is -0.478 e. The maximum atomic E-state index is 11.8. The summed E-state index contributed by atoms with van der Waals surface area (Å²) in [5.41, 5.74) is 0.993. The number of ether oxygens (including phenoxy) is 2. The SMILES string of the molecule is C=C(C)C(=O)OC(C)C(=CC)C(C(=O)O)=C(C)C(C)OC(=O)C(=C)C. The van der Waals surface area contributed by atoms with E-state index in [2.05, 4.69) is 13.2 Å². The molecule has 0 saturated heterocycles. The number of hydrogen-bond acceptors (Lipinski definition) is 5. The molecule has 0 aromatic carbocycles. The topological polar surface area (TPSA) is 89.9 Å². The van der Waals surface area contributed by atoms with Crippen molar-refractivity contribution in [2.24, 2.45) is 0 Å². The lowest BCUT2D eigenvalue weighted by Crippen LogP contribution is -2.25. The van der Waals surface area contributed by atoms with E-state index in [-0.39, 0.29) is 16.7 Å². The molecule has 0 bridgehead atoms. The summed E-state index contributed by atoms with van der Waals surface area (Å²) in [6.07, 6.45) is -0.0371. The number of aliphatic carboxylic acids is 1. The van der Waals surface area contributed by atoms with Gasteiger partial charge in [-0.2, -0.15) is 0 Å². The maximum absolute atomic E-state index is 11.8. The van der Waals surface area contributed by atoms with Gasteiger partial charge in [-0.25, -0.2) is 14.4 Å². The molecule has 0 radical (unpaired) electrons. The largest absolute Gasteiger partial charge is 0.478 e. The summed E-state index contributed by atoms with van der Waals surface area (Å²) >= 11 is 0. The molecule has 0 aliphatic heterocycles. The summed E-state index contributed by atoms with van der Waals surface area (Å²) in [7, 11) is 0. The third-order valence-corrected chi connectivity index (χ3v) is 3.52. The monoisotopic (exact) mass is 350 g/mol. The Morgan fingerprint density at radius 2 is 1.32 bits per heavy atom. The van der Waals surface area contributed by atoms with Crippen molar-refractivity contribution < 1.29 is 29.0 Å². The van der Waals surface area contributed by atoms with Crippen LogP contribution >= 0.6 is 0 Å². The van der Waals surface area contributed by atoms with Gasteiger partial charge in [-0.1, -0.05) is 19.2 Å². The van der Waals surface area contributed by atoms with Gasteiger partial charge in [0.25, 0.3) is 0 Å². The highest BCUT2D eigenvalue weighted by atomic mass is 16.5. The predicted molar refractivity (Wildman–Crippen MR) is 94.8 cm³/mol. The number of carboxylic acids is 1. The van der Waals surface area contributed by atoms with Crippen molar-refractivity contribution in [2.45, 2.75) is 53.8 Å². The molecule has 6 heteroatoms. The molecule has 138 valence electrons. The first-order valence-electron chi connectivity index (χ1n) is 7.77. The second kappa shape index (κ2) is 9.61. The molecule has 6 nitrogen and oxygen atoms in total. The van der Waals surface area contributed by atoms with E-state index in [1.807, 2.05) is 0 Å². The Balaban J connectivity index is 5.78. The highest BCUT2D eigenvalue weighted by Crippen LogP contribution is 2.25. The fourth-order valence-corrected chi connectivity index (χ4v) is 1.98. The first-order chi connectivity index (χ1) is 11.4. The van der Waals surface area contributed by atoms with E-state index in [0.29, 0.717) is 11.1 Å². The number of carbonyl (C=O) groups excluding carboxylic acids is 2. The van der Waals surface area contributed by atoms with Crippen molar-refractivity contribution in [1.29, 1.82) is 0 Å². The highest BCUT2D eigenvalue weighted by Gasteiger charge is 2.26. The standard InChI is InChI=1S/C19H26O6/c1-9-15(14(8)25-19(23)11(4)5)16(17(20)21)12(6)13(7)24-18(22)10(2)3/h9,13-14H,2,4H2,1,3,5-8H3,(H,20,21). The summed E-state index contributed by atoms with van der Waals surface area (Å²) in [6.45, 7) is 16.3. The van der Waals surface area contributed by atoms with Crippen LogP contribution in [0, 0.1) is 0 Å². The molecule has 0 aromatic rings. The van der Waals surface area contributed by atoms with E-state index in [4.69, 9.17) is 9.47 Å². The van der Waals surface area contributed by atoms with Crippen LogP contribution in [0.4, 0.5) is 0 Å². The second-order valence-electron chi connectivity index (χ2n) is 5.76. The molecule has 2 unspecified atom stereocenters. The molecule has 0 rings (SSSR count). The van der Waals surface area contributed by atoms with Crippen molar-refractivity contribution in [3.8, 4) is 0 Å². The lowest BCUT2D eigenvalue weighted by molar-refractivity contribution is -0.142. The lowest BCUT2D eigenvalue weighted by Gasteiger charge is -2.22. The molecule has 1 N–H and O–H groups in total. The van der Waals surface area contributed by atoms with E-state index in [1.165, 1.54) is 13.8 Å². The maximum Gasteiger partial charge on any atom is 0.336 e. The van der Waals surface area contributed by atoms with Crippen LogP contribution in [0.2, 0.25) is 0 Å². The Kier molecular flexibility index (Phi) is 8.60. The molecule has 2 atom stereocenters. The normalized spacial score (nSPS) is 14.7. The molecule has 25 heavy (non-hydrogen) atoms.